The average Bonchev–Trinajstić information content (AvgIpc) is 2.97. The summed E-state index contributed by atoms with van der Waals surface area (Å²) in [6.07, 6.45) is 2.90. The molecule has 3 rings (SSSR count). The van der Waals surface area contributed by atoms with Gasteiger partial charge >= 0.3 is 0 Å². The molecule has 1 aromatic heterocycles. The summed E-state index contributed by atoms with van der Waals surface area (Å²) >= 11 is 0. The molecule has 5 nitrogen and oxygen atoms in total. The third-order valence-corrected chi connectivity index (χ3v) is 4.36. The molecule has 5 heteroatoms. The van der Waals surface area contributed by atoms with Crippen LogP contribution in [0.25, 0.3) is 0 Å². The van der Waals surface area contributed by atoms with Crippen LogP contribution in [0.4, 0.5) is 0 Å². The van der Waals surface area contributed by atoms with Gasteiger partial charge in [0.2, 0.25) is 0 Å². The Morgan fingerprint density at radius 1 is 1.37 bits per heavy atom. The van der Waals surface area contributed by atoms with Crippen molar-refractivity contribution in [1.29, 1.82) is 0 Å². The lowest BCUT2D eigenvalue weighted by molar-refractivity contribution is -0.189. The van der Waals surface area contributed by atoms with Crippen LogP contribution in [0.2, 0.25) is 0 Å². The average molecular weight is 265 g/mol. The van der Waals surface area contributed by atoms with Gasteiger partial charge < -0.3 is 14.8 Å². The fourth-order valence-electron chi connectivity index (χ4n) is 3.47. The molecule has 2 heterocycles. The molecule has 2 aliphatic rings. The number of hydrogen-bond acceptors (Lipinski definition) is 4. The van der Waals surface area contributed by atoms with Crippen molar-refractivity contribution >= 4 is 0 Å². The molecule has 1 aliphatic carbocycles. The molecule has 1 aromatic rings. The van der Waals surface area contributed by atoms with E-state index in [9.17, 15) is 0 Å². The van der Waals surface area contributed by atoms with Crippen LogP contribution < -0.4 is 5.32 Å². The van der Waals surface area contributed by atoms with E-state index in [1.165, 1.54) is 5.69 Å². The van der Waals surface area contributed by atoms with Crippen LogP contribution in [0.1, 0.15) is 36.7 Å². The Morgan fingerprint density at radius 3 is 2.68 bits per heavy atom. The van der Waals surface area contributed by atoms with E-state index < -0.39 is 0 Å². The fraction of sp³-hybridized carbons (Fsp3) is 0.786. The summed E-state index contributed by atoms with van der Waals surface area (Å²) in [7, 11) is 2.03. The highest BCUT2D eigenvalue weighted by Crippen LogP contribution is 2.41. The van der Waals surface area contributed by atoms with Crippen molar-refractivity contribution in [2.24, 2.45) is 0 Å². The van der Waals surface area contributed by atoms with Crippen molar-refractivity contribution < 1.29 is 9.47 Å². The van der Waals surface area contributed by atoms with Gasteiger partial charge in [-0.3, -0.25) is 4.68 Å². The van der Waals surface area contributed by atoms with Gasteiger partial charge in [0.25, 0.3) is 0 Å². The first-order chi connectivity index (χ1) is 9.13. The minimum absolute atomic E-state index is 0.297. The van der Waals surface area contributed by atoms with Gasteiger partial charge in [0.15, 0.2) is 5.79 Å². The molecule has 2 fully saturated rings. The molecule has 0 radical (unpaired) electrons. The van der Waals surface area contributed by atoms with Crippen LogP contribution in [-0.4, -0.2) is 41.9 Å². The van der Waals surface area contributed by atoms with Gasteiger partial charge in [-0.05, 0) is 33.4 Å². The van der Waals surface area contributed by atoms with Crippen LogP contribution in [-0.2, 0) is 9.47 Å². The molecule has 0 aromatic carbocycles. The minimum atomic E-state index is -0.371. The molecule has 1 N–H and O–H groups in total. The lowest BCUT2D eigenvalue weighted by atomic mass is 9.85. The van der Waals surface area contributed by atoms with E-state index in [-0.39, 0.29) is 5.79 Å². The number of likely N-dealkylation sites (N-methyl/N-ethyl adjacent to an activating group) is 1. The van der Waals surface area contributed by atoms with Crippen molar-refractivity contribution in [2.75, 3.05) is 20.3 Å². The van der Waals surface area contributed by atoms with E-state index in [4.69, 9.17) is 9.47 Å². The van der Waals surface area contributed by atoms with Gasteiger partial charge in [0.1, 0.15) is 0 Å². The zero-order valence-corrected chi connectivity index (χ0v) is 12.0. The highest BCUT2D eigenvalue weighted by Gasteiger charge is 2.45. The summed E-state index contributed by atoms with van der Waals surface area (Å²) in [5, 5.41) is 8.08. The first-order valence-electron chi connectivity index (χ1n) is 7.11. The first kappa shape index (κ1) is 13.1. The molecule has 2 atom stereocenters. The molecular weight excluding hydrogens is 242 g/mol. The number of hydrogen-bond donors (Lipinski definition) is 1. The summed E-state index contributed by atoms with van der Waals surface area (Å²) in [5.41, 5.74) is 2.28. The molecule has 1 spiro atoms. The SMILES string of the molecule is CNC1CCC2(CC1n1nc(C)cc1C)OCCO2. The molecule has 0 amide bonds. The van der Waals surface area contributed by atoms with E-state index in [1.807, 2.05) is 14.0 Å². The quantitative estimate of drug-likeness (QED) is 0.881. The molecular formula is C14H23N3O2. The molecule has 106 valence electrons. The van der Waals surface area contributed by atoms with Gasteiger partial charge in [-0.2, -0.15) is 5.10 Å². The zero-order chi connectivity index (χ0) is 13.5. The lowest BCUT2D eigenvalue weighted by Crippen LogP contribution is -2.48. The standard InChI is InChI=1S/C14H23N3O2/c1-10-8-11(2)17(16-10)13-9-14(18-6-7-19-14)5-4-12(13)15-3/h8,12-13,15H,4-7,9H2,1-3H3. The Morgan fingerprint density at radius 2 is 2.11 bits per heavy atom. The monoisotopic (exact) mass is 265 g/mol. The van der Waals surface area contributed by atoms with Crippen LogP contribution >= 0.6 is 0 Å². The number of ether oxygens (including phenoxy) is 2. The smallest absolute Gasteiger partial charge is 0.170 e. The minimum Gasteiger partial charge on any atom is -0.347 e. The van der Waals surface area contributed by atoms with Gasteiger partial charge in [0, 0.05) is 24.6 Å². The summed E-state index contributed by atoms with van der Waals surface area (Å²) in [4.78, 5) is 0. The van der Waals surface area contributed by atoms with Gasteiger partial charge in [-0.15, -0.1) is 0 Å². The van der Waals surface area contributed by atoms with Crippen LogP contribution in [0.3, 0.4) is 0 Å². The Kier molecular flexibility index (Phi) is 3.37. The maximum Gasteiger partial charge on any atom is 0.170 e. The molecule has 2 unspecified atom stereocenters. The predicted octanol–water partition coefficient (Wildman–Crippen LogP) is 1.56. The second-order valence-electron chi connectivity index (χ2n) is 5.68. The number of aromatic nitrogens is 2. The van der Waals surface area contributed by atoms with Crippen molar-refractivity contribution in [2.45, 2.75) is 51.0 Å². The summed E-state index contributed by atoms with van der Waals surface area (Å²) < 4.78 is 13.9. The Balaban J connectivity index is 1.88. The molecule has 1 aliphatic heterocycles. The molecule has 19 heavy (non-hydrogen) atoms. The normalized spacial score (nSPS) is 30.1. The van der Waals surface area contributed by atoms with Crippen molar-refractivity contribution in [3.05, 3.63) is 17.5 Å². The number of nitrogens with one attached hydrogen (secondary N) is 1. The number of aryl methyl sites for hydroxylation is 2. The number of rotatable bonds is 2. The fourth-order valence-corrected chi connectivity index (χ4v) is 3.47. The van der Waals surface area contributed by atoms with E-state index in [0.717, 1.165) is 25.0 Å². The van der Waals surface area contributed by atoms with Crippen LogP contribution in [0, 0.1) is 13.8 Å². The van der Waals surface area contributed by atoms with E-state index >= 15 is 0 Å². The topological polar surface area (TPSA) is 48.3 Å². The summed E-state index contributed by atoms with van der Waals surface area (Å²) in [6, 6.07) is 2.85. The first-order valence-corrected chi connectivity index (χ1v) is 7.11. The van der Waals surface area contributed by atoms with E-state index in [2.05, 4.69) is 28.1 Å². The van der Waals surface area contributed by atoms with Gasteiger partial charge in [0.05, 0.1) is 24.9 Å². The van der Waals surface area contributed by atoms with Gasteiger partial charge in [-0.1, -0.05) is 0 Å². The van der Waals surface area contributed by atoms with Crippen molar-refractivity contribution in [1.82, 2.24) is 15.1 Å². The summed E-state index contributed by atoms with van der Waals surface area (Å²) in [6.45, 7) is 5.59. The molecule has 0 bridgehead atoms. The van der Waals surface area contributed by atoms with Gasteiger partial charge in [-0.25, -0.2) is 0 Å². The third kappa shape index (κ3) is 2.30. The third-order valence-electron chi connectivity index (χ3n) is 4.36. The number of nitrogens with zero attached hydrogens (tertiary/aromatic N) is 2. The van der Waals surface area contributed by atoms with E-state index in [0.29, 0.717) is 25.3 Å². The lowest BCUT2D eigenvalue weighted by Gasteiger charge is -2.41. The second-order valence-corrected chi connectivity index (χ2v) is 5.68. The summed E-state index contributed by atoms with van der Waals surface area (Å²) in [5.74, 6) is -0.371. The van der Waals surface area contributed by atoms with Crippen molar-refractivity contribution in [3.8, 4) is 0 Å². The predicted molar refractivity (Wildman–Crippen MR) is 72.1 cm³/mol. The maximum absolute atomic E-state index is 5.88. The Hall–Kier alpha value is -0.910. The molecule has 1 saturated heterocycles. The highest BCUT2D eigenvalue weighted by atomic mass is 16.7. The maximum atomic E-state index is 5.88. The van der Waals surface area contributed by atoms with E-state index in [1.54, 1.807) is 0 Å². The van der Waals surface area contributed by atoms with Crippen molar-refractivity contribution in [3.63, 3.8) is 0 Å². The Labute approximate surface area is 114 Å². The second kappa shape index (κ2) is 4.89. The zero-order valence-electron chi connectivity index (χ0n) is 12.0. The largest absolute Gasteiger partial charge is 0.347 e. The van der Waals surface area contributed by atoms with Crippen LogP contribution in [0.15, 0.2) is 6.07 Å². The highest BCUT2D eigenvalue weighted by molar-refractivity contribution is 5.09. The van der Waals surface area contributed by atoms with Crippen LogP contribution in [0.5, 0.6) is 0 Å². The molecule has 1 saturated carbocycles. The Bertz CT molecular complexity index is 452.